The maximum Gasteiger partial charge on any atom is 0.228 e. The van der Waals surface area contributed by atoms with Crippen LogP contribution in [0.2, 0.25) is 0 Å². The minimum Gasteiger partial charge on any atom is -0.381 e. The van der Waals surface area contributed by atoms with Crippen LogP contribution >= 0.6 is 0 Å². The molecule has 2 N–H and O–H groups in total. The number of carbonyl (C=O) groups is 3. The molecule has 4 aromatic rings. The number of carbonyl (C=O) groups excluding carboxylic acids is 3. The first kappa shape index (κ1) is 37.7. The van der Waals surface area contributed by atoms with Crippen molar-refractivity contribution < 1.29 is 23.9 Å². The van der Waals surface area contributed by atoms with Crippen molar-refractivity contribution in [3.05, 3.63) is 72.0 Å². The highest BCUT2D eigenvalue weighted by atomic mass is 16.5. The number of piperidine rings is 2. The summed E-state index contributed by atoms with van der Waals surface area (Å²) in [6.07, 6.45) is 6.78. The predicted octanol–water partition coefficient (Wildman–Crippen LogP) is 4.53. The Morgan fingerprint density at radius 2 is 1.70 bits per heavy atom. The summed E-state index contributed by atoms with van der Waals surface area (Å²) in [5.41, 5.74) is 4.18. The molecule has 0 radical (unpaired) electrons. The molecule has 15 nitrogen and oxygen atoms in total. The van der Waals surface area contributed by atoms with Crippen LogP contribution in [0.25, 0.3) is 11.0 Å². The van der Waals surface area contributed by atoms with Crippen molar-refractivity contribution >= 4 is 51.8 Å². The molecule has 3 aliphatic heterocycles. The minimum atomic E-state index is -0.951. The van der Waals surface area contributed by atoms with Gasteiger partial charge in [0.05, 0.1) is 36.3 Å². The third kappa shape index (κ3) is 7.62. The van der Waals surface area contributed by atoms with Crippen molar-refractivity contribution in [2.24, 2.45) is 11.8 Å². The Hall–Kier alpha value is -5.25. The first-order valence-electron chi connectivity index (χ1n) is 19.7. The molecule has 56 heavy (non-hydrogen) atoms. The van der Waals surface area contributed by atoms with Gasteiger partial charge in [-0.1, -0.05) is 6.58 Å². The van der Waals surface area contributed by atoms with E-state index in [0.717, 1.165) is 81.2 Å². The van der Waals surface area contributed by atoms with Gasteiger partial charge in [0.15, 0.2) is 11.6 Å². The number of allylic oxidation sites excluding steroid dienone is 1. The molecule has 4 aliphatic rings. The zero-order chi connectivity index (χ0) is 38.9. The highest BCUT2D eigenvalue weighted by Crippen LogP contribution is 2.38. The molecule has 1 aromatic carbocycles. The lowest BCUT2D eigenvalue weighted by Gasteiger charge is -2.36. The fourth-order valence-corrected chi connectivity index (χ4v) is 8.45. The number of hydrogen-bond acceptors (Lipinski definition) is 13. The zero-order valence-corrected chi connectivity index (χ0v) is 32.4. The van der Waals surface area contributed by atoms with Gasteiger partial charge < -0.3 is 34.5 Å². The van der Waals surface area contributed by atoms with Crippen molar-refractivity contribution in [1.82, 2.24) is 34.7 Å². The van der Waals surface area contributed by atoms with Gasteiger partial charge in [-0.3, -0.25) is 19.3 Å². The molecule has 6 heterocycles. The van der Waals surface area contributed by atoms with Crippen LogP contribution in [0.3, 0.4) is 0 Å². The van der Waals surface area contributed by atoms with Gasteiger partial charge in [0.25, 0.3) is 0 Å². The van der Waals surface area contributed by atoms with Crippen molar-refractivity contribution in [1.29, 1.82) is 0 Å². The summed E-state index contributed by atoms with van der Waals surface area (Å²) in [6.45, 7) is 14.8. The van der Waals surface area contributed by atoms with Gasteiger partial charge in [0.1, 0.15) is 29.6 Å². The Balaban J connectivity index is 0.836. The summed E-state index contributed by atoms with van der Waals surface area (Å²) in [4.78, 5) is 64.9. The summed E-state index contributed by atoms with van der Waals surface area (Å²) >= 11 is 0. The number of amides is 1. The fraction of sp³-hybridized carbons (Fsp3) is 0.488. The molecule has 2 atom stereocenters. The van der Waals surface area contributed by atoms with Gasteiger partial charge in [0.2, 0.25) is 11.9 Å². The second kappa shape index (κ2) is 16.1. The van der Waals surface area contributed by atoms with Crippen molar-refractivity contribution in [3.63, 3.8) is 0 Å². The van der Waals surface area contributed by atoms with E-state index in [2.05, 4.69) is 60.3 Å². The number of rotatable bonds is 12. The van der Waals surface area contributed by atoms with Gasteiger partial charge >= 0.3 is 0 Å². The first-order valence-corrected chi connectivity index (χ1v) is 19.7. The van der Waals surface area contributed by atoms with Crippen LogP contribution in [0.4, 0.5) is 23.3 Å². The molecule has 2 unspecified atom stereocenters. The number of pyridine rings is 1. The number of ether oxygens (including phenoxy) is 2. The smallest absolute Gasteiger partial charge is 0.228 e. The van der Waals surface area contributed by atoms with E-state index in [9.17, 15) is 14.4 Å². The molecule has 15 heteroatoms. The van der Waals surface area contributed by atoms with Gasteiger partial charge in [0, 0.05) is 93.7 Å². The van der Waals surface area contributed by atoms with E-state index in [1.165, 1.54) is 0 Å². The van der Waals surface area contributed by atoms with E-state index in [0.29, 0.717) is 60.5 Å². The first-order chi connectivity index (χ1) is 27.2. The summed E-state index contributed by atoms with van der Waals surface area (Å²) in [7, 11) is 1.77. The Kier molecular flexibility index (Phi) is 10.8. The zero-order valence-electron chi connectivity index (χ0n) is 32.4. The van der Waals surface area contributed by atoms with E-state index in [1.807, 2.05) is 24.3 Å². The summed E-state index contributed by atoms with van der Waals surface area (Å²) in [5, 5.41) is 6.09. The Morgan fingerprint density at radius 1 is 0.911 bits per heavy atom. The number of aromatic nitrogens is 5. The van der Waals surface area contributed by atoms with E-state index in [-0.39, 0.29) is 29.6 Å². The van der Waals surface area contributed by atoms with E-state index in [4.69, 9.17) is 19.4 Å². The predicted molar refractivity (Wildman–Crippen MR) is 212 cm³/mol. The average Bonchev–Trinajstić information content (AvgIpc) is 3.69. The van der Waals surface area contributed by atoms with Crippen molar-refractivity contribution in [2.75, 3.05) is 74.6 Å². The number of Topliss-reactive ketones (excluding diaryl/α,β-unsaturated/α-hetero) is 2. The fourth-order valence-electron chi connectivity index (χ4n) is 8.45. The Morgan fingerprint density at radius 3 is 2.45 bits per heavy atom. The lowest BCUT2D eigenvalue weighted by molar-refractivity contribution is -0.126. The molecule has 0 bridgehead atoms. The minimum absolute atomic E-state index is 0.161. The molecule has 3 aromatic heterocycles. The van der Waals surface area contributed by atoms with Crippen LogP contribution < -0.4 is 20.4 Å². The summed E-state index contributed by atoms with van der Waals surface area (Å²) < 4.78 is 13.9. The van der Waals surface area contributed by atoms with Gasteiger partial charge in [-0.25, -0.2) is 15.0 Å². The standard InChI is InChI=1S/C41H50N10O5/c1-25(2)51-33-22-35(46-34-9-12-42-41(47-34)50-13-10-28(55-4)11-14-50)43-23-32(33)45-36(51)24-56-20-19-48-15-17-49(18-16-48)27-6-8-29-31(21-27)39(53)37(38(29)52)30-7-5-26(3)44-40(30)54/h6,8-9,12,21-23,25,28,30,37H,3,5,7,10-11,13-20,24H2,1-2,4H3,(H,44,54)(H,42,43,46,47). The molecule has 1 aliphatic carbocycles. The molecule has 0 saturated carbocycles. The third-order valence-electron chi connectivity index (χ3n) is 11.5. The number of imidazole rings is 1. The van der Waals surface area contributed by atoms with Crippen LogP contribution in [0.5, 0.6) is 0 Å². The number of ketones is 2. The Labute approximate surface area is 326 Å². The monoisotopic (exact) mass is 762 g/mol. The second-order valence-electron chi connectivity index (χ2n) is 15.4. The maximum atomic E-state index is 13.4. The highest BCUT2D eigenvalue weighted by Gasteiger charge is 2.47. The second-order valence-corrected chi connectivity index (χ2v) is 15.4. The number of nitrogens with one attached hydrogen (secondary N) is 2. The number of fused-ring (bicyclic) bond motifs is 2. The van der Waals surface area contributed by atoms with Crippen molar-refractivity contribution in [2.45, 2.75) is 58.3 Å². The molecular weight excluding hydrogens is 713 g/mol. The number of nitrogens with zero attached hydrogens (tertiary/aromatic N) is 8. The van der Waals surface area contributed by atoms with Crippen LogP contribution in [0.15, 0.2) is 55.0 Å². The van der Waals surface area contributed by atoms with E-state index >= 15 is 0 Å². The molecule has 294 valence electrons. The molecular formula is C41H50N10O5. The third-order valence-corrected chi connectivity index (χ3v) is 11.5. The summed E-state index contributed by atoms with van der Waals surface area (Å²) in [5.74, 6) is 0.515. The molecule has 3 saturated heterocycles. The van der Waals surface area contributed by atoms with Crippen LogP contribution in [0.1, 0.15) is 72.1 Å². The van der Waals surface area contributed by atoms with E-state index in [1.54, 1.807) is 25.6 Å². The quantitative estimate of drug-likeness (QED) is 0.153. The van der Waals surface area contributed by atoms with E-state index < -0.39 is 11.8 Å². The number of piperazine rings is 1. The number of anilines is 4. The number of hydrogen-bond donors (Lipinski definition) is 2. The normalized spacial score (nSPS) is 21.0. The molecule has 1 amide bonds. The highest BCUT2D eigenvalue weighted by molar-refractivity contribution is 6.28. The Bertz CT molecular complexity index is 2140. The molecule has 8 rings (SSSR count). The lowest BCUT2D eigenvalue weighted by Crippen LogP contribution is -2.47. The average molecular weight is 763 g/mol. The largest absolute Gasteiger partial charge is 0.381 e. The van der Waals surface area contributed by atoms with Crippen LogP contribution in [-0.2, 0) is 20.9 Å². The van der Waals surface area contributed by atoms with Crippen LogP contribution in [0, 0.1) is 11.8 Å². The topological polar surface area (TPSA) is 160 Å². The van der Waals surface area contributed by atoms with Crippen LogP contribution in [-0.4, -0.2) is 113 Å². The molecule has 3 fully saturated rings. The number of methoxy groups -OCH3 is 1. The SMILES string of the molecule is C=C1CCC(C2C(=O)c3ccc(N4CCN(CCOCc5nc6cnc(Nc7ccnc(N8CCC(OC)CC8)n7)cc6n5C(C)C)CC4)cc3C2=O)C(=O)N1. The van der Waals surface area contributed by atoms with Gasteiger partial charge in [-0.05, 0) is 63.8 Å². The maximum absolute atomic E-state index is 13.4. The van der Waals surface area contributed by atoms with Gasteiger partial charge in [-0.2, -0.15) is 4.98 Å². The lowest BCUT2D eigenvalue weighted by atomic mass is 9.82. The number of benzene rings is 1. The van der Waals surface area contributed by atoms with Crippen molar-refractivity contribution in [3.8, 4) is 0 Å². The summed E-state index contributed by atoms with van der Waals surface area (Å²) in [6, 6.07) is 9.53. The van der Waals surface area contributed by atoms with Gasteiger partial charge in [-0.15, -0.1) is 0 Å². The molecule has 0 spiro atoms.